The molecule has 0 aliphatic rings. The number of nitrogens with zero attached hydrogens (tertiary/aromatic N) is 1. The molecule has 0 aromatic heterocycles. The number of hydrogen-bond donors (Lipinski definition) is 4. The van der Waals surface area contributed by atoms with Gasteiger partial charge >= 0.3 is 0 Å². The molecule has 0 aliphatic carbocycles. The van der Waals surface area contributed by atoms with E-state index in [0.717, 1.165) is 0 Å². The Morgan fingerprint density at radius 1 is 1.53 bits per heavy atom. The van der Waals surface area contributed by atoms with Crippen LogP contribution in [0.3, 0.4) is 0 Å². The number of hydrogen-bond acceptors (Lipinski definition) is 4. The number of amides is 1. The van der Waals surface area contributed by atoms with Crippen LogP contribution in [0, 0.1) is 0 Å². The first-order valence-corrected chi connectivity index (χ1v) is 4.70. The van der Waals surface area contributed by atoms with Gasteiger partial charge in [-0.2, -0.15) is 0 Å². The lowest BCUT2D eigenvalue weighted by atomic mass is 10.4. The highest BCUT2D eigenvalue weighted by Gasteiger charge is 1.98. The summed E-state index contributed by atoms with van der Waals surface area (Å²) in [6, 6.07) is 0.242. The molecule has 0 spiro atoms. The summed E-state index contributed by atoms with van der Waals surface area (Å²) >= 11 is 0. The average molecular weight is 217 g/mol. The largest absolute Gasteiger partial charge is 0.370 e. The molecule has 0 aromatic carbocycles. The van der Waals surface area contributed by atoms with Gasteiger partial charge < -0.3 is 15.8 Å². The van der Waals surface area contributed by atoms with E-state index in [9.17, 15) is 4.79 Å². The fraction of sp³-hybridized carbons (Fsp3) is 0.750. The Morgan fingerprint density at radius 2 is 2.20 bits per heavy atom. The SMILES string of the molecule is CC(C)NC(=NCCOCC(N)=O)NN. The second-order valence-corrected chi connectivity index (χ2v) is 3.19. The molecular weight excluding hydrogens is 198 g/mol. The minimum absolute atomic E-state index is 0.0848. The number of carbonyl (C=O) groups is 1. The smallest absolute Gasteiger partial charge is 0.243 e. The molecule has 0 fully saturated rings. The molecule has 88 valence electrons. The van der Waals surface area contributed by atoms with Gasteiger partial charge in [0.15, 0.2) is 0 Å². The topological polar surface area (TPSA) is 115 Å². The Hall–Kier alpha value is -1.34. The third-order valence-corrected chi connectivity index (χ3v) is 1.31. The van der Waals surface area contributed by atoms with E-state index in [1.165, 1.54) is 0 Å². The van der Waals surface area contributed by atoms with Crippen LogP contribution in [0.25, 0.3) is 0 Å². The molecule has 1 amide bonds. The lowest BCUT2D eigenvalue weighted by Crippen LogP contribution is -2.44. The highest BCUT2D eigenvalue weighted by molar-refractivity contribution is 5.79. The number of nitrogens with one attached hydrogen (secondary N) is 2. The van der Waals surface area contributed by atoms with Gasteiger partial charge in [-0.15, -0.1) is 0 Å². The van der Waals surface area contributed by atoms with Crippen molar-refractivity contribution >= 4 is 11.9 Å². The molecule has 0 saturated carbocycles. The maximum Gasteiger partial charge on any atom is 0.243 e. The quantitative estimate of drug-likeness (QED) is 0.139. The van der Waals surface area contributed by atoms with Crippen LogP contribution >= 0.6 is 0 Å². The number of hydrazine groups is 1. The van der Waals surface area contributed by atoms with Crippen LogP contribution in [0.15, 0.2) is 4.99 Å². The highest BCUT2D eigenvalue weighted by atomic mass is 16.5. The van der Waals surface area contributed by atoms with Gasteiger partial charge in [-0.25, -0.2) is 10.8 Å². The van der Waals surface area contributed by atoms with Gasteiger partial charge in [-0.3, -0.25) is 10.2 Å². The van der Waals surface area contributed by atoms with E-state index in [0.29, 0.717) is 19.1 Å². The molecule has 0 rings (SSSR count). The summed E-state index contributed by atoms with van der Waals surface area (Å²) < 4.78 is 4.92. The van der Waals surface area contributed by atoms with Crippen molar-refractivity contribution in [2.45, 2.75) is 19.9 Å². The zero-order chi connectivity index (χ0) is 11.7. The lowest BCUT2D eigenvalue weighted by Gasteiger charge is -2.11. The lowest BCUT2D eigenvalue weighted by molar-refractivity contribution is -0.122. The van der Waals surface area contributed by atoms with Crippen molar-refractivity contribution in [1.82, 2.24) is 10.7 Å². The Bertz CT molecular complexity index is 217. The van der Waals surface area contributed by atoms with Crippen molar-refractivity contribution in [3.05, 3.63) is 0 Å². The third-order valence-electron chi connectivity index (χ3n) is 1.31. The second kappa shape index (κ2) is 8.01. The van der Waals surface area contributed by atoms with Gasteiger partial charge in [-0.1, -0.05) is 0 Å². The number of rotatable bonds is 6. The molecule has 15 heavy (non-hydrogen) atoms. The van der Waals surface area contributed by atoms with E-state index >= 15 is 0 Å². The molecule has 0 unspecified atom stereocenters. The normalized spacial score (nSPS) is 11.6. The zero-order valence-corrected chi connectivity index (χ0v) is 9.12. The molecule has 0 aromatic rings. The first-order chi connectivity index (χ1) is 7.06. The van der Waals surface area contributed by atoms with Crippen molar-refractivity contribution in [2.75, 3.05) is 19.8 Å². The van der Waals surface area contributed by atoms with Crippen molar-refractivity contribution < 1.29 is 9.53 Å². The molecule has 6 N–H and O–H groups in total. The molecule has 0 heterocycles. The van der Waals surface area contributed by atoms with E-state index in [1.54, 1.807) is 0 Å². The molecule has 7 nitrogen and oxygen atoms in total. The summed E-state index contributed by atoms with van der Waals surface area (Å²) in [5.74, 6) is 5.23. The van der Waals surface area contributed by atoms with Crippen LogP contribution in [0.1, 0.15) is 13.8 Å². The summed E-state index contributed by atoms with van der Waals surface area (Å²) in [6.45, 7) is 4.59. The Labute approximate surface area is 89.2 Å². The first-order valence-electron chi connectivity index (χ1n) is 4.70. The zero-order valence-electron chi connectivity index (χ0n) is 9.12. The van der Waals surface area contributed by atoms with Gasteiger partial charge in [0.2, 0.25) is 11.9 Å². The molecule has 0 aliphatic heterocycles. The maximum atomic E-state index is 10.3. The number of ether oxygens (including phenoxy) is 1. The van der Waals surface area contributed by atoms with Crippen molar-refractivity contribution in [3.63, 3.8) is 0 Å². The average Bonchev–Trinajstić information content (AvgIpc) is 2.14. The number of primary amides is 1. The van der Waals surface area contributed by atoms with Gasteiger partial charge in [0, 0.05) is 6.04 Å². The number of aliphatic imine (C=N–C) groups is 1. The fourth-order valence-corrected chi connectivity index (χ4v) is 0.801. The second-order valence-electron chi connectivity index (χ2n) is 3.19. The number of nitrogens with two attached hydrogens (primary N) is 2. The third kappa shape index (κ3) is 8.98. The Kier molecular flexibility index (Phi) is 7.29. The Morgan fingerprint density at radius 3 is 2.67 bits per heavy atom. The minimum Gasteiger partial charge on any atom is -0.370 e. The van der Waals surface area contributed by atoms with E-state index in [2.05, 4.69) is 15.7 Å². The van der Waals surface area contributed by atoms with Gasteiger partial charge in [-0.05, 0) is 13.8 Å². The van der Waals surface area contributed by atoms with E-state index in [4.69, 9.17) is 16.3 Å². The summed E-state index contributed by atoms with van der Waals surface area (Å²) in [6.07, 6.45) is 0. The van der Waals surface area contributed by atoms with E-state index in [-0.39, 0.29) is 12.6 Å². The fourth-order valence-electron chi connectivity index (χ4n) is 0.801. The molecule has 7 heteroatoms. The minimum atomic E-state index is -0.489. The van der Waals surface area contributed by atoms with Crippen LogP contribution in [-0.2, 0) is 9.53 Å². The number of guanidine groups is 1. The molecular formula is C8H19N5O2. The Balaban J connectivity index is 3.66. The van der Waals surface area contributed by atoms with Crippen molar-refractivity contribution in [1.29, 1.82) is 0 Å². The van der Waals surface area contributed by atoms with Crippen LogP contribution in [0.2, 0.25) is 0 Å². The summed E-state index contributed by atoms with van der Waals surface area (Å²) in [4.78, 5) is 14.4. The maximum absolute atomic E-state index is 10.3. The molecule has 0 bridgehead atoms. The highest BCUT2D eigenvalue weighted by Crippen LogP contribution is 1.80. The van der Waals surface area contributed by atoms with Crippen molar-refractivity contribution in [2.24, 2.45) is 16.6 Å². The predicted molar refractivity (Wildman–Crippen MR) is 57.9 cm³/mol. The molecule has 0 saturated heterocycles. The summed E-state index contributed by atoms with van der Waals surface area (Å²) in [7, 11) is 0. The summed E-state index contributed by atoms with van der Waals surface area (Å²) in [5, 5.41) is 3.00. The summed E-state index contributed by atoms with van der Waals surface area (Å²) in [5.41, 5.74) is 7.31. The monoisotopic (exact) mass is 217 g/mol. The van der Waals surface area contributed by atoms with Gasteiger partial charge in [0.1, 0.15) is 6.61 Å². The van der Waals surface area contributed by atoms with E-state index < -0.39 is 5.91 Å². The van der Waals surface area contributed by atoms with Crippen molar-refractivity contribution in [3.8, 4) is 0 Å². The standard InChI is InChI=1S/C8H19N5O2/c1-6(2)12-8(13-10)11-3-4-15-5-7(9)14/h6H,3-5,10H2,1-2H3,(H2,9,14)(H2,11,12,13). The van der Waals surface area contributed by atoms with Crippen LogP contribution in [0.4, 0.5) is 0 Å². The molecule has 0 atom stereocenters. The van der Waals surface area contributed by atoms with E-state index in [1.807, 2.05) is 13.8 Å². The first kappa shape index (κ1) is 13.7. The van der Waals surface area contributed by atoms with Gasteiger partial charge in [0.25, 0.3) is 0 Å². The number of carbonyl (C=O) groups excluding carboxylic acids is 1. The van der Waals surface area contributed by atoms with Gasteiger partial charge in [0.05, 0.1) is 13.2 Å². The van der Waals surface area contributed by atoms with Crippen LogP contribution in [0.5, 0.6) is 0 Å². The predicted octanol–water partition coefficient (Wildman–Crippen LogP) is -1.69. The molecule has 0 radical (unpaired) electrons. The van der Waals surface area contributed by atoms with Crippen LogP contribution < -0.4 is 22.3 Å². The van der Waals surface area contributed by atoms with Crippen LogP contribution in [-0.4, -0.2) is 37.7 Å².